The molecule has 1 aromatic heterocycles. The second-order valence-electron chi connectivity index (χ2n) is 8.51. The molecule has 7 heteroatoms. The fraction of sp³-hybridized carbons (Fsp3) is 0.269. The number of pyridine rings is 1. The lowest BCUT2D eigenvalue weighted by Crippen LogP contribution is -2.50. The van der Waals surface area contributed by atoms with Crippen LogP contribution in [-0.4, -0.2) is 41.8 Å². The van der Waals surface area contributed by atoms with Gasteiger partial charge >= 0.3 is 0 Å². The van der Waals surface area contributed by atoms with Crippen molar-refractivity contribution in [1.82, 2.24) is 15.2 Å². The first-order chi connectivity index (χ1) is 15.9. The van der Waals surface area contributed by atoms with Crippen LogP contribution in [0.25, 0.3) is 11.1 Å². The number of carbonyl (C=O) groups is 2. The van der Waals surface area contributed by atoms with Crippen molar-refractivity contribution in [2.45, 2.75) is 19.3 Å². The highest BCUT2D eigenvalue weighted by atomic mass is 19.1. The van der Waals surface area contributed by atoms with E-state index in [9.17, 15) is 14.0 Å². The molecule has 1 saturated heterocycles. The van der Waals surface area contributed by atoms with Crippen molar-refractivity contribution in [3.05, 3.63) is 83.9 Å². The van der Waals surface area contributed by atoms with Crippen molar-refractivity contribution in [3.63, 3.8) is 0 Å². The molecule has 1 fully saturated rings. The first kappa shape index (κ1) is 22.5. The summed E-state index contributed by atoms with van der Waals surface area (Å²) in [5.74, 6) is -0.424. The number of benzene rings is 2. The van der Waals surface area contributed by atoms with Gasteiger partial charge in [-0.15, -0.1) is 0 Å². The highest BCUT2D eigenvalue weighted by molar-refractivity contribution is 5.95. The average molecular weight is 447 g/mol. The van der Waals surface area contributed by atoms with Crippen LogP contribution in [0.15, 0.2) is 67.0 Å². The molecule has 3 N–H and O–H groups in total. The predicted octanol–water partition coefficient (Wildman–Crippen LogP) is 3.68. The Morgan fingerprint density at radius 3 is 2.42 bits per heavy atom. The van der Waals surface area contributed by atoms with Crippen LogP contribution in [0.2, 0.25) is 0 Å². The van der Waals surface area contributed by atoms with Crippen molar-refractivity contribution in [2.24, 2.45) is 5.41 Å². The number of likely N-dealkylation sites (tertiary alicyclic amines) is 1. The molecular weight excluding hydrogens is 419 g/mol. The Labute approximate surface area is 192 Å². The summed E-state index contributed by atoms with van der Waals surface area (Å²) in [4.78, 5) is 31.5. The Morgan fingerprint density at radius 1 is 1.09 bits per heavy atom. The van der Waals surface area contributed by atoms with E-state index in [-0.39, 0.29) is 17.6 Å². The van der Waals surface area contributed by atoms with Crippen LogP contribution < -0.4 is 11.1 Å². The van der Waals surface area contributed by atoms with E-state index in [0.717, 1.165) is 11.1 Å². The molecule has 0 atom stereocenters. The van der Waals surface area contributed by atoms with Crippen LogP contribution in [-0.2, 0) is 11.2 Å². The summed E-state index contributed by atoms with van der Waals surface area (Å²) in [7, 11) is 1.64. The second-order valence-corrected chi connectivity index (χ2v) is 8.51. The molecule has 1 aliphatic heterocycles. The van der Waals surface area contributed by atoms with Gasteiger partial charge in [-0.25, -0.2) is 4.39 Å². The summed E-state index contributed by atoms with van der Waals surface area (Å²) >= 11 is 0. The number of nitrogens with zero attached hydrogens (tertiary/aromatic N) is 2. The van der Waals surface area contributed by atoms with E-state index in [4.69, 9.17) is 5.73 Å². The molecule has 2 heterocycles. The van der Waals surface area contributed by atoms with Gasteiger partial charge in [-0.05, 0) is 42.5 Å². The van der Waals surface area contributed by atoms with Crippen LogP contribution in [0.1, 0.15) is 28.8 Å². The molecule has 6 nitrogen and oxygen atoms in total. The number of hydrogen-bond donors (Lipinski definition) is 2. The first-order valence-electron chi connectivity index (χ1n) is 11.0. The molecule has 1 aliphatic rings. The van der Waals surface area contributed by atoms with E-state index in [1.165, 1.54) is 18.5 Å². The van der Waals surface area contributed by atoms with Crippen molar-refractivity contribution in [3.8, 4) is 11.1 Å². The van der Waals surface area contributed by atoms with Crippen LogP contribution in [0.3, 0.4) is 0 Å². The minimum absolute atomic E-state index is 0.0293. The fourth-order valence-electron chi connectivity index (χ4n) is 4.53. The molecule has 2 amide bonds. The minimum Gasteiger partial charge on any atom is -0.397 e. The lowest BCUT2D eigenvalue weighted by atomic mass is 9.72. The summed E-state index contributed by atoms with van der Waals surface area (Å²) < 4.78 is 14.1. The van der Waals surface area contributed by atoms with Crippen LogP contribution >= 0.6 is 0 Å². The Kier molecular flexibility index (Phi) is 6.40. The van der Waals surface area contributed by atoms with Gasteiger partial charge in [-0.2, -0.15) is 0 Å². The molecule has 0 aliphatic carbocycles. The number of nitrogen functional groups attached to an aromatic ring is 1. The van der Waals surface area contributed by atoms with E-state index in [0.29, 0.717) is 49.2 Å². The van der Waals surface area contributed by atoms with Gasteiger partial charge in [0, 0.05) is 38.1 Å². The number of hydrogen-bond acceptors (Lipinski definition) is 4. The number of nitrogens with two attached hydrogens (primary N) is 1. The van der Waals surface area contributed by atoms with Gasteiger partial charge in [0.2, 0.25) is 5.91 Å². The largest absolute Gasteiger partial charge is 0.397 e. The maximum atomic E-state index is 14.1. The van der Waals surface area contributed by atoms with Gasteiger partial charge in [0.1, 0.15) is 5.82 Å². The number of aromatic nitrogens is 1. The third kappa shape index (κ3) is 4.72. The second kappa shape index (κ2) is 9.40. The van der Waals surface area contributed by atoms with Crippen LogP contribution in [0, 0.1) is 11.2 Å². The van der Waals surface area contributed by atoms with E-state index in [1.807, 2.05) is 30.3 Å². The number of anilines is 1. The van der Waals surface area contributed by atoms with Gasteiger partial charge in [0.15, 0.2) is 0 Å². The van der Waals surface area contributed by atoms with E-state index >= 15 is 0 Å². The van der Waals surface area contributed by atoms with Gasteiger partial charge < -0.3 is 16.0 Å². The molecule has 0 radical (unpaired) electrons. The minimum atomic E-state index is -0.612. The molecule has 4 rings (SSSR count). The summed E-state index contributed by atoms with van der Waals surface area (Å²) in [6.07, 6.45) is 4.65. The van der Waals surface area contributed by atoms with Crippen molar-refractivity contribution >= 4 is 17.5 Å². The molecular formula is C26H27FN4O2. The predicted molar refractivity (Wildman–Crippen MR) is 126 cm³/mol. The van der Waals surface area contributed by atoms with Crippen LogP contribution in [0.4, 0.5) is 10.1 Å². The van der Waals surface area contributed by atoms with Gasteiger partial charge in [-0.3, -0.25) is 14.6 Å². The summed E-state index contributed by atoms with van der Waals surface area (Å²) in [5.41, 5.74) is 8.38. The van der Waals surface area contributed by atoms with Crippen molar-refractivity contribution in [1.29, 1.82) is 0 Å². The lowest BCUT2D eigenvalue weighted by Gasteiger charge is -2.40. The number of nitrogens with one attached hydrogen (secondary N) is 1. The number of amides is 2. The zero-order valence-corrected chi connectivity index (χ0v) is 18.6. The fourth-order valence-corrected chi connectivity index (χ4v) is 4.53. The molecule has 3 aromatic rings. The standard InChI is InChI=1S/C26H27FN4O2/c1-29-25(33)26(10-12-31(13-11-26)24(32)20-14-21(28)17-30-16-20)15-18-6-8-19(9-7-18)22-4-2-3-5-23(22)27/h2-9,14,16-17H,10-13,15,28H2,1H3,(H,29,33). The molecule has 0 spiro atoms. The number of rotatable bonds is 5. The molecule has 0 saturated carbocycles. The SMILES string of the molecule is CNC(=O)C1(Cc2ccc(-c3ccccc3F)cc2)CCN(C(=O)c2cncc(N)c2)CC1. The normalized spacial score (nSPS) is 15.2. The van der Waals surface area contributed by atoms with Crippen LogP contribution in [0.5, 0.6) is 0 Å². The van der Waals surface area contributed by atoms with E-state index in [2.05, 4.69) is 10.3 Å². The smallest absolute Gasteiger partial charge is 0.255 e. The molecule has 2 aromatic carbocycles. The molecule has 170 valence electrons. The number of carbonyl (C=O) groups excluding carboxylic acids is 2. The van der Waals surface area contributed by atoms with E-state index < -0.39 is 5.41 Å². The molecule has 33 heavy (non-hydrogen) atoms. The molecule has 0 bridgehead atoms. The maximum Gasteiger partial charge on any atom is 0.255 e. The molecule has 0 unspecified atom stereocenters. The monoisotopic (exact) mass is 446 g/mol. The van der Waals surface area contributed by atoms with Gasteiger partial charge in [0.25, 0.3) is 5.91 Å². The zero-order chi connectivity index (χ0) is 23.4. The Balaban J connectivity index is 1.49. The summed E-state index contributed by atoms with van der Waals surface area (Å²) in [6.45, 7) is 0.933. The first-order valence-corrected chi connectivity index (χ1v) is 11.0. The van der Waals surface area contributed by atoms with Crippen molar-refractivity contribution < 1.29 is 14.0 Å². The number of piperidine rings is 1. The maximum absolute atomic E-state index is 14.1. The summed E-state index contributed by atoms with van der Waals surface area (Å²) in [6, 6.07) is 15.9. The van der Waals surface area contributed by atoms with E-state index in [1.54, 1.807) is 30.1 Å². The third-order valence-electron chi connectivity index (χ3n) is 6.40. The lowest BCUT2D eigenvalue weighted by molar-refractivity contribution is -0.133. The highest BCUT2D eigenvalue weighted by Gasteiger charge is 2.42. The Morgan fingerprint density at radius 2 is 1.79 bits per heavy atom. The topological polar surface area (TPSA) is 88.3 Å². The zero-order valence-electron chi connectivity index (χ0n) is 18.6. The quantitative estimate of drug-likeness (QED) is 0.626. The Bertz CT molecular complexity index is 1150. The van der Waals surface area contributed by atoms with Gasteiger partial charge in [-0.1, -0.05) is 42.5 Å². The average Bonchev–Trinajstić information content (AvgIpc) is 2.84. The van der Waals surface area contributed by atoms with Gasteiger partial charge in [0.05, 0.1) is 16.7 Å². The highest BCUT2D eigenvalue weighted by Crippen LogP contribution is 2.36. The summed E-state index contributed by atoms with van der Waals surface area (Å²) in [5, 5.41) is 2.81. The Hall–Kier alpha value is -3.74. The number of halogens is 1. The van der Waals surface area contributed by atoms with Crippen molar-refractivity contribution in [2.75, 3.05) is 25.9 Å². The third-order valence-corrected chi connectivity index (χ3v) is 6.40.